The van der Waals surface area contributed by atoms with Crippen LogP contribution in [0.15, 0.2) is 54.7 Å². The monoisotopic (exact) mass is 595 g/mol. The molecule has 0 saturated carbocycles. The molecule has 0 radical (unpaired) electrons. The van der Waals surface area contributed by atoms with E-state index in [-0.39, 0.29) is 41.6 Å². The predicted molar refractivity (Wildman–Crippen MR) is 157 cm³/mol. The van der Waals surface area contributed by atoms with Gasteiger partial charge in [-0.15, -0.1) is 0 Å². The van der Waals surface area contributed by atoms with Crippen LogP contribution in [0.5, 0.6) is 0 Å². The van der Waals surface area contributed by atoms with Crippen LogP contribution < -0.4 is 10.6 Å². The van der Waals surface area contributed by atoms with E-state index in [0.717, 1.165) is 23.8 Å². The summed E-state index contributed by atoms with van der Waals surface area (Å²) in [6.45, 7) is 3.66. The van der Waals surface area contributed by atoms with Crippen molar-refractivity contribution in [3.63, 3.8) is 0 Å². The lowest BCUT2D eigenvalue weighted by Gasteiger charge is -2.40. The minimum absolute atomic E-state index is 0.0283. The van der Waals surface area contributed by atoms with Crippen molar-refractivity contribution in [1.82, 2.24) is 25.1 Å². The Hall–Kier alpha value is -3.67. The highest BCUT2D eigenvalue weighted by Gasteiger charge is 2.40. The van der Waals surface area contributed by atoms with Crippen molar-refractivity contribution in [2.75, 3.05) is 33.4 Å². The molecule has 3 N–H and O–H groups in total. The van der Waals surface area contributed by atoms with Crippen molar-refractivity contribution < 1.29 is 28.2 Å². The van der Waals surface area contributed by atoms with Crippen molar-refractivity contribution in [3.8, 4) is 11.3 Å². The number of likely N-dealkylation sites (N-methyl/N-ethyl adjacent to an activating group) is 1. The van der Waals surface area contributed by atoms with Crippen molar-refractivity contribution in [2.45, 2.75) is 50.9 Å². The fourth-order valence-electron chi connectivity index (χ4n) is 6.21. The van der Waals surface area contributed by atoms with Gasteiger partial charge >= 0.3 is 0 Å². The highest BCUT2D eigenvalue weighted by molar-refractivity contribution is 5.82. The number of ether oxygens (including phenoxy) is 1. The zero-order valence-electron chi connectivity index (χ0n) is 24.5. The van der Waals surface area contributed by atoms with Gasteiger partial charge in [0.25, 0.3) is 5.91 Å². The summed E-state index contributed by atoms with van der Waals surface area (Å²) in [5.74, 6) is -1.34. The average molecular weight is 596 g/mol. The maximum absolute atomic E-state index is 15.0. The van der Waals surface area contributed by atoms with Gasteiger partial charge in [0, 0.05) is 51.7 Å². The Balaban J connectivity index is 1.61. The van der Waals surface area contributed by atoms with E-state index in [9.17, 15) is 19.1 Å². The summed E-state index contributed by atoms with van der Waals surface area (Å²) < 4.78 is 36.8. The van der Waals surface area contributed by atoms with Crippen LogP contribution in [0.25, 0.3) is 11.3 Å². The number of hydrogen-bond acceptors (Lipinski definition) is 6. The lowest BCUT2D eigenvalue weighted by atomic mass is 9.88. The molecule has 2 aromatic carbocycles. The predicted octanol–water partition coefficient (Wildman–Crippen LogP) is 3.28. The molecule has 3 heterocycles. The summed E-state index contributed by atoms with van der Waals surface area (Å²) in [4.78, 5) is 32.7. The maximum atomic E-state index is 15.0. The largest absolute Gasteiger partial charge is 0.384 e. The number of rotatable bonds is 10. The molecule has 5 rings (SSSR count). The Morgan fingerprint density at radius 1 is 1.19 bits per heavy atom. The molecule has 43 heavy (non-hydrogen) atoms. The fourth-order valence-corrected chi connectivity index (χ4v) is 6.21. The first kappa shape index (κ1) is 30.8. The quantitative estimate of drug-likeness (QED) is 0.332. The number of nitrogens with zero attached hydrogens (tertiary/aromatic N) is 3. The van der Waals surface area contributed by atoms with Crippen LogP contribution in [0, 0.1) is 23.5 Å². The number of aliphatic hydroxyl groups is 1. The molecule has 230 valence electrons. The molecule has 9 nitrogen and oxygen atoms in total. The first-order chi connectivity index (χ1) is 20.7. The minimum atomic E-state index is -1.27. The number of amides is 2. The van der Waals surface area contributed by atoms with Crippen molar-refractivity contribution in [1.29, 1.82) is 0 Å². The smallest absolute Gasteiger partial charge is 0.251 e. The van der Waals surface area contributed by atoms with E-state index in [1.165, 1.54) is 6.92 Å². The third-order valence-electron chi connectivity index (χ3n) is 8.40. The molecule has 2 aliphatic heterocycles. The Labute approximate surface area is 250 Å². The van der Waals surface area contributed by atoms with E-state index in [2.05, 4.69) is 10.6 Å². The van der Waals surface area contributed by atoms with E-state index in [4.69, 9.17) is 9.72 Å². The number of aromatic nitrogens is 2. The van der Waals surface area contributed by atoms with Gasteiger partial charge in [-0.1, -0.05) is 30.3 Å². The lowest BCUT2D eigenvalue weighted by molar-refractivity contribution is -0.145. The molecule has 11 heteroatoms. The van der Waals surface area contributed by atoms with Crippen LogP contribution in [-0.4, -0.2) is 76.9 Å². The third kappa shape index (κ3) is 7.11. The van der Waals surface area contributed by atoms with Crippen LogP contribution in [0.2, 0.25) is 0 Å². The van der Waals surface area contributed by atoms with Crippen molar-refractivity contribution in [2.24, 2.45) is 11.8 Å². The Morgan fingerprint density at radius 2 is 1.93 bits per heavy atom. The Bertz CT molecular complexity index is 1410. The minimum Gasteiger partial charge on any atom is -0.384 e. The van der Waals surface area contributed by atoms with Crippen molar-refractivity contribution >= 4 is 11.8 Å². The second-order valence-corrected chi connectivity index (χ2v) is 11.5. The number of aliphatic hydroxyl groups excluding tert-OH is 1. The van der Waals surface area contributed by atoms with Crippen molar-refractivity contribution in [3.05, 3.63) is 77.8 Å². The van der Waals surface area contributed by atoms with Crippen LogP contribution in [0.1, 0.15) is 43.6 Å². The second kappa shape index (κ2) is 13.7. The van der Waals surface area contributed by atoms with E-state index in [0.29, 0.717) is 51.4 Å². The van der Waals surface area contributed by atoms with Gasteiger partial charge in [0.05, 0.1) is 17.8 Å². The molecule has 4 atom stereocenters. The summed E-state index contributed by atoms with van der Waals surface area (Å²) in [7, 11) is 1.59. The molecule has 1 aromatic heterocycles. The summed E-state index contributed by atoms with van der Waals surface area (Å²) in [5.41, 5.74) is 1.26. The molecule has 4 unspecified atom stereocenters. The van der Waals surface area contributed by atoms with Gasteiger partial charge in [-0.25, -0.2) is 13.8 Å². The Morgan fingerprint density at radius 3 is 2.63 bits per heavy atom. The molecule has 2 aliphatic rings. The highest BCUT2D eigenvalue weighted by Crippen LogP contribution is 2.38. The number of hydrogen-bond donors (Lipinski definition) is 3. The fraction of sp³-hybridized carbons (Fsp3) is 0.469. The number of carbonyl (C=O) groups is 2. The van der Waals surface area contributed by atoms with Crippen LogP contribution in [-0.2, 0) is 20.9 Å². The highest BCUT2D eigenvalue weighted by atomic mass is 19.1. The molecule has 2 amide bonds. The molecule has 0 spiro atoms. The van der Waals surface area contributed by atoms with Crippen LogP contribution in [0.3, 0.4) is 0 Å². The standard InChI is InChI=1S/C32H39F2N5O4/c1-20(40)32(42)39(18-22-14-27(36-16-22)31(41)35-2)29(23-10-12-43-13-11-23)30-37-28(25-15-24(33)8-9-26(25)34)19-38(30)17-21-6-4-3-5-7-21/h3-9,15,19-20,22-23,27,29,36,40H,10-14,16-18H2,1-2H3,(H,35,41). The van der Waals surface area contributed by atoms with Gasteiger partial charge in [-0.3, -0.25) is 9.59 Å². The SMILES string of the molecule is CNC(=O)C1CC(CN(C(=O)C(C)O)C(c2nc(-c3cc(F)ccc3F)cn2Cc2ccccc2)C2CCOCC2)CN1. The molecule has 0 bridgehead atoms. The van der Waals surface area contributed by atoms with Gasteiger partial charge in [-0.05, 0) is 61.8 Å². The zero-order valence-corrected chi connectivity index (χ0v) is 24.5. The van der Waals surface area contributed by atoms with Crippen LogP contribution in [0.4, 0.5) is 8.78 Å². The average Bonchev–Trinajstić information content (AvgIpc) is 3.66. The topological polar surface area (TPSA) is 109 Å². The summed E-state index contributed by atoms with van der Waals surface area (Å²) in [6.07, 6.45) is 2.27. The number of imidazole rings is 1. The molecule has 2 saturated heterocycles. The first-order valence-electron chi connectivity index (χ1n) is 14.8. The van der Waals surface area contributed by atoms with Gasteiger partial charge in [0.2, 0.25) is 5.91 Å². The van der Waals surface area contributed by atoms with E-state index in [1.807, 2.05) is 34.9 Å². The van der Waals surface area contributed by atoms with E-state index >= 15 is 4.39 Å². The maximum Gasteiger partial charge on any atom is 0.251 e. The second-order valence-electron chi connectivity index (χ2n) is 11.5. The third-order valence-corrected chi connectivity index (χ3v) is 8.40. The van der Waals surface area contributed by atoms with E-state index in [1.54, 1.807) is 18.1 Å². The molecular weight excluding hydrogens is 556 g/mol. The van der Waals surface area contributed by atoms with Gasteiger partial charge in [0.1, 0.15) is 23.6 Å². The molecule has 2 fully saturated rings. The number of halogens is 2. The Kier molecular flexibility index (Phi) is 9.84. The normalized spacial score (nSPS) is 20.5. The first-order valence-corrected chi connectivity index (χ1v) is 14.8. The van der Waals surface area contributed by atoms with Crippen LogP contribution >= 0.6 is 0 Å². The van der Waals surface area contributed by atoms with E-state index < -0.39 is 29.7 Å². The number of nitrogens with one attached hydrogen (secondary N) is 2. The number of benzene rings is 2. The molecule has 3 aromatic rings. The van der Waals surface area contributed by atoms with Gasteiger partial charge < -0.3 is 29.9 Å². The lowest BCUT2D eigenvalue weighted by Crippen LogP contribution is -2.47. The zero-order chi connectivity index (χ0) is 30.5. The summed E-state index contributed by atoms with van der Waals surface area (Å²) in [6, 6.07) is 12.0. The van der Waals surface area contributed by atoms with Gasteiger partial charge in [0.15, 0.2) is 0 Å². The molecule has 0 aliphatic carbocycles. The summed E-state index contributed by atoms with van der Waals surface area (Å²) in [5, 5.41) is 16.5. The summed E-state index contributed by atoms with van der Waals surface area (Å²) >= 11 is 0. The van der Waals surface area contributed by atoms with Gasteiger partial charge in [-0.2, -0.15) is 0 Å². The number of carbonyl (C=O) groups excluding carboxylic acids is 2. The molecular formula is C32H39F2N5O4.